The number of ether oxygens (including phenoxy) is 2. The van der Waals surface area contributed by atoms with Gasteiger partial charge in [-0.2, -0.15) is 0 Å². The highest BCUT2D eigenvalue weighted by atomic mass is 19.1. The molecule has 1 aliphatic rings. The lowest BCUT2D eigenvalue weighted by Gasteiger charge is -2.19. The van der Waals surface area contributed by atoms with Crippen LogP contribution in [0.5, 0.6) is 11.5 Å². The van der Waals surface area contributed by atoms with Crippen LogP contribution in [-0.4, -0.2) is 31.2 Å². The number of nitrogens with zero attached hydrogens (tertiary/aromatic N) is 1. The zero-order valence-corrected chi connectivity index (χ0v) is 16.4. The van der Waals surface area contributed by atoms with E-state index < -0.39 is 0 Å². The molecule has 28 heavy (non-hydrogen) atoms. The molecule has 0 aromatic heterocycles. The van der Waals surface area contributed by atoms with Gasteiger partial charge in [0.25, 0.3) is 0 Å². The number of halogens is 1. The van der Waals surface area contributed by atoms with Gasteiger partial charge in [0.05, 0.1) is 13.2 Å². The summed E-state index contributed by atoms with van der Waals surface area (Å²) in [4.78, 5) is 13.9. The van der Waals surface area contributed by atoms with Crippen LogP contribution in [0, 0.1) is 5.82 Å². The maximum Gasteiger partial charge on any atom is 0.317 e. The minimum Gasteiger partial charge on any atom is -0.493 e. The van der Waals surface area contributed by atoms with E-state index in [0.29, 0.717) is 18.8 Å². The van der Waals surface area contributed by atoms with Crippen LogP contribution in [0.4, 0.5) is 9.18 Å². The van der Waals surface area contributed by atoms with E-state index in [0.717, 1.165) is 29.7 Å². The number of urea groups is 1. The van der Waals surface area contributed by atoms with E-state index in [-0.39, 0.29) is 18.0 Å². The fraction of sp³-hybridized carbons (Fsp3) is 0.409. The summed E-state index contributed by atoms with van der Waals surface area (Å²) >= 11 is 0. The second-order valence-electron chi connectivity index (χ2n) is 7.15. The number of methoxy groups -OCH3 is 1. The van der Waals surface area contributed by atoms with Crippen molar-refractivity contribution in [3.05, 3.63) is 59.4 Å². The number of rotatable bonds is 7. The lowest BCUT2D eigenvalue weighted by Crippen LogP contribution is -2.36. The Kier molecular flexibility index (Phi) is 6.74. The first-order valence-corrected chi connectivity index (χ1v) is 9.62. The van der Waals surface area contributed by atoms with Crippen LogP contribution in [0.2, 0.25) is 0 Å². The summed E-state index contributed by atoms with van der Waals surface area (Å²) in [5, 5.41) is 2.91. The fourth-order valence-corrected chi connectivity index (χ4v) is 3.36. The Bertz CT molecular complexity index is 789. The number of amides is 2. The lowest BCUT2D eigenvalue weighted by molar-refractivity contribution is 0.200. The van der Waals surface area contributed by atoms with Crippen LogP contribution in [0.25, 0.3) is 0 Å². The molecule has 2 amide bonds. The van der Waals surface area contributed by atoms with E-state index in [4.69, 9.17) is 9.47 Å². The molecule has 1 N–H and O–H groups in total. The van der Waals surface area contributed by atoms with E-state index in [1.807, 2.05) is 18.2 Å². The predicted octanol–water partition coefficient (Wildman–Crippen LogP) is 4.50. The van der Waals surface area contributed by atoms with E-state index >= 15 is 0 Å². The largest absolute Gasteiger partial charge is 0.493 e. The molecule has 6 heteroatoms. The third-order valence-corrected chi connectivity index (χ3v) is 4.95. The smallest absolute Gasteiger partial charge is 0.317 e. The second-order valence-corrected chi connectivity index (χ2v) is 7.15. The van der Waals surface area contributed by atoms with Gasteiger partial charge in [0.1, 0.15) is 5.82 Å². The summed E-state index contributed by atoms with van der Waals surface area (Å²) in [6.07, 6.45) is 4.77. The summed E-state index contributed by atoms with van der Waals surface area (Å²) in [5.74, 6) is 1.14. The van der Waals surface area contributed by atoms with Gasteiger partial charge < -0.3 is 19.7 Å². The quantitative estimate of drug-likeness (QED) is 0.762. The summed E-state index contributed by atoms with van der Waals surface area (Å²) < 4.78 is 24.5. The molecule has 0 unspecified atom stereocenters. The molecule has 150 valence electrons. The average molecular weight is 386 g/mol. The van der Waals surface area contributed by atoms with E-state index in [2.05, 4.69) is 5.32 Å². The number of nitrogens with one attached hydrogen (secondary N) is 1. The number of hydrogen-bond donors (Lipinski definition) is 1. The van der Waals surface area contributed by atoms with Gasteiger partial charge in [0.15, 0.2) is 11.5 Å². The highest BCUT2D eigenvalue weighted by molar-refractivity contribution is 5.73. The molecule has 0 atom stereocenters. The molecule has 5 nitrogen and oxygen atoms in total. The van der Waals surface area contributed by atoms with Crippen molar-refractivity contribution in [3.63, 3.8) is 0 Å². The Labute approximate surface area is 165 Å². The molecule has 0 aliphatic heterocycles. The van der Waals surface area contributed by atoms with Gasteiger partial charge in [-0.25, -0.2) is 9.18 Å². The van der Waals surface area contributed by atoms with Crippen LogP contribution >= 0.6 is 0 Å². The fourth-order valence-electron chi connectivity index (χ4n) is 3.36. The molecular formula is C22H27FN2O3. The molecule has 1 aliphatic carbocycles. The Morgan fingerprint density at radius 1 is 1.11 bits per heavy atom. The Balaban J connectivity index is 1.56. The minimum atomic E-state index is -0.286. The van der Waals surface area contributed by atoms with Gasteiger partial charge in [0, 0.05) is 20.1 Å². The number of benzene rings is 2. The SMILES string of the molecule is COc1ccc(CNC(=O)N(C)Cc2ccc(F)cc2)cc1OC1CCCC1. The van der Waals surface area contributed by atoms with Gasteiger partial charge in [-0.1, -0.05) is 18.2 Å². The molecular weight excluding hydrogens is 359 g/mol. The molecule has 1 fully saturated rings. The molecule has 0 radical (unpaired) electrons. The highest BCUT2D eigenvalue weighted by Gasteiger charge is 2.19. The van der Waals surface area contributed by atoms with Crippen molar-refractivity contribution >= 4 is 6.03 Å². The topological polar surface area (TPSA) is 50.8 Å². The first kappa shape index (κ1) is 20.0. The van der Waals surface area contributed by atoms with Crippen molar-refractivity contribution in [2.75, 3.05) is 14.2 Å². The first-order valence-electron chi connectivity index (χ1n) is 9.62. The predicted molar refractivity (Wildman–Crippen MR) is 106 cm³/mol. The van der Waals surface area contributed by atoms with Crippen LogP contribution in [0.3, 0.4) is 0 Å². The maximum absolute atomic E-state index is 13.0. The van der Waals surface area contributed by atoms with Gasteiger partial charge in [0.2, 0.25) is 0 Å². The second kappa shape index (κ2) is 9.44. The molecule has 0 spiro atoms. The molecule has 3 rings (SSSR count). The molecule has 2 aromatic carbocycles. The van der Waals surface area contributed by atoms with Gasteiger partial charge in [-0.05, 0) is 61.1 Å². The average Bonchev–Trinajstić information content (AvgIpc) is 3.21. The minimum absolute atomic E-state index is 0.196. The van der Waals surface area contributed by atoms with Crippen molar-refractivity contribution in [1.82, 2.24) is 10.2 Å². The molecule has 1 saturated carbocycles. The van der Waals surface area contributed by atoms with Gasteiger partial charge in [-0.3, -0.25) is 0 Å². The number of hydrogen-bond acceptors (Lipinski definition) is 3. The van der Waals surface area contributed by atoms with Crippen molar-refractivity contribution in [3.8, 4) is 11.5 Å². The molecule has 0 heterocycles. The summed E-state index contributed by atoms with van der Waals surface area (Å²) in [5.41, 5.74) is 1.81. The van der Waals surface area contributed by atoms with Crippen molar-refractivity contribution in [2.24, 2.45) is 0 Å². The maximum atomic E-state index is 13.0. The van der Waals surface area contributed by atoms with E-state index in [1.165, 1.54) is 25.0 Å². The Hall–Kier alpha value is -2.76. The molecule has 0 bridgehead atoms. The summed E-state index contributed by atoms with van der Waals surface area (Å²) in [7, 11) is 3.34. The van der Waals surface area contributed by atoms with Gasteiger partial charge >= 0.3 is 6.03 Å². The number of carbonyl (C=O) groups excluding carboxylic acids is 1. The standard InChI is InChI=1S/C22H27FN2O3/c1-25(15-16-7-10-18(23)11-8-16)22(26)24-14-17-9-12-20(27-2)21(13-17)28-19-5-3-4-6-19/h7-13,19H,3-6,14-15H2,1-2H3,(H,24,26). The Morgan fingerprint density at radius 2 is 1.79 bits per heavy atom. The summed E-state index contributed by atoms with van der Waals surface area (Å²) in [6.45, 7) is 0.794. The van der Waals surface area contributed by atoms with Crippen molar-refractivity contribution in [2.45, 2.75) is 44.9 Å². The third-order valence-electron chi connectivity index (χ3n) is 4.95. The van der Waals surface area contributed by atoms with E-state index in [9.17, 15) is 9.18 Å². The molecule has 2 aromatic rings. The monoisotopic (exact) mass is 386 g/mol. The van der Waals surface area contributed by atoms with Crippen molar-refractivity contribution in [1.29, 1.82) is 0 Å². The summed E-state index contributed by atoms with van der Waals surface area (Å²) in [6, 6.07) is 11.7. The third kappa shape index (κ3) is 5.38. The van der Waals surface area contributed by atoms with Gasteiger partial charge in [-0.15, -0.1) is 0 Å². The normalized spacial score (nSPS) is 14.0. The number of carbonyl (C=O) groups is 1. The lowest BCUT2D eigenvalue weighted by atomic mass is 10.2. The zero-order chi connectivity index (χ0) is 19.9. The molecule has 0 saturated heterocycles. The van der Waals surface area contributed by atoms with Crippen LogP contribution in [-0.2, 0) is 13.1 Å². The van der Waals surface area contributed by atoms with Crippen LogP contribution in [0.1, 0.15) is 36.8 Å². The van der Waals surface area contributed by atoms with E-state index in [1.54, 1.807) is 31.2 Å². The Morgan fingerprint density at radius 3 is 2.46 bits per heavy atom. The van der Waals surface area contributed by atoms with Crippen LogP contribution in [0.15, 0.2) is 42.5 Å². The van der Waals surface area contributed by atoms with Crippen molar-refractivity contribution < 1.29 is 18.7 Å². The first-order chi connectivity index (χ1) is 13.5. The highest BCUT2D eigenvalue weighted by Crippen LogP contribution is 2.32. The van der Waals surface area contributed by atoms with Crippen LogP contribution < -0.4 is 14.8 Å². The zero-order valence-electron chi connectivity index (χ0n) is 16.4.